The van der Waals surface area contributed by atoms with Crippen molar-refractivity contribution in [3.05, 3.63) is 0 Å². The number of rotatable bonds is 3. The minimum absolute atomic E-state index is 0.226. The average molecular weight is 187 g/mol. The molecule has 13 heavy (non-hydrogen) atoms. The zero-order valence-corrected chi connectivity index (χ0v) is 8.16. The van der Waals surface area contributed by atoms with Crippen molar-refractivity contribution in [1.82, 2.24) is 4.90 Å². The van der Waals surface area contributed by atoms with Gasteiger partial charge in [-0.05, 0) is 33.2 Å². The van der Waals surface area contributed by atoms with E-state index in [9.17, 15) is 9.90 Å². The van der Waals surface area contributed by atoms with Crippen molar-refractivity contribution < 1.29 is 15.0 Å². The van der Waals surface area contributed by atoms with Crippen molar-refractivity contribution >= 4 is 5.97 Å². The molecular weight excluding hydrogens is 170 g/mol. The Hall–Kier alpha value is -0.610. The van der Waals surface area contributed by atoms with E-state index in [0.29, 0.717) is 6.04 Å². The standard InChI is InChI=1S/C9H17NO3/c1-7-4-3-5-10(7)6-9(2,13)8(11)12/h7,13H,3-6H2,1-2H3,(H,11,12). The van der Waals surface area contributed by atoms with Crippen molar-refractivity contribution in [3.63, 3.8) is 0 Å². The van der Waals surface area contributed by atoms with Crippen LogP contribution in [0.5, 0.6) is 0 Å². The van der Waals surface area contributed by atoms with Crippen LogP contribution in [-0.4, -0.2) is 45.8 Å². The van der Waals surface area contributed by atoms with Crippen LogP contribution in [0, 0.1) is 0 Å². The second-order valence-electron chi connectivity index (χ2n) is 4.04. The van der Waals surface area contributed by atoms with Crippen molar-refractivity contribution in [3.8, 4) is 0 Å². The molecule has 1 fully saturated rings. The minimum atomic E-state index is -1.61. The van der Waals surface area contributed by atoms with Gasteiger partial charge in [0.15, 0.2) is 5.60 Å². The monoisotopic (exact) mass is 187 g/mol. The van der Waals surface area contributed by atoms with Crippen molar-refractivity contribution in [2.45, 2.75) is 38.3 Å². The van der Waals surface area contributed by atoms with Crippen LogP contribution in [-0.2, 0) is 4.79 Å². The summed E-state index contributed by atoms with van der Waals surface area (Å²) in [6.45, 7) is 4.53. The Morgan fingerprint density at radius 2 is 2.31 bits per heavy atom. The number of aliphatic hydroxyl groups is 1. The first-order valence-electron chi connectivity index (χ1n) is 4.63. The highest BCUT2D eigenvalue weighted by molar-refractivity contribution is 5.76. The number of carboxylic acid groups (broad SMARTS) is 1. The molecule has 4 heteroatoms. The summed E-state index contributed by atoms with van der Waals surface area (Å²) in [5, 5.41) is 18.2. The largest absolute Gasteiger partial charge is 0.479 e. The topological polar surface area (TPSA) is 60.8 Å². The lowest BCUT2D eigenvalue weighted by Crippen LogP contribution is -2.47. The highest BCUT2D eigenvalue weighted by Crippen LogP contribution is 2.19. The summed E-state index contributed by atoms with van der Waals surface area (Å²) in [5.41, 5.74) is -1.61. The number of carboxylic acids is 1. The number of nitrogens with zero attached hydrogens (tertiary/aromatic N) is 1. The summed E-state index contributed by atoms with van der Waals surface area (Å²) in [6.07, 6.45) is 2.19. The fourth-order valence-corrected chi connectivity index (χ4v) is 1.69. The predicted octanol–water partition coefficient (Wildman–Crippen LogP) is 0.306. The van der Waals surface area contributed by atoms with Crippen LogP contribution in [0.15, 0.2) is 0 Å². The molecule has 1 saturated heterocycles. The van der Waals surface area contributed by atoms with Crippen LogP contribution in [0.3, 0.4) is 0 Å². The molecule has 0 aliphatic carbocycles. The number of hydrogen-bond acceptors (Lipinski definition) is 3. The fourth-order valence-electron chi connectivity index (χ4n) is 1.69. The third-order valence-corrected chi connectivity index (χ3v) is 2.66. The molecule has 0 aromatic heterocycles. The van der Waals surface area contributed by atoms with Gasteiger partial charge >= 0.3 is 5.97 Å². The minimum Gasteiger partial charge on any atom is -0.479 e. The SMILES string of the molecule is CC1CCCN1CC(C)(O)C(=O)O. The zero-order chi connectivity index (χ0) is 10.1. The van der Waals surface area contributed by atoms with Gasteiger partial charge in [0.05, 0.1) is 0 Å². The Kier molecular flexibility index (Phi) is 2.93. The molecule has 1 aliphatic heterocycles. The van der Waals surface area contributed by atoms with Crippen LogP contribution in [0.1, 0.15) is 26.7 Å². The molecule has 2 atom stereocenters. The van der Waals surface area contributed by atoms with E-state index < -0.39 is 11.6 Å². The Balaban J connectivity index is 2.52. The molecule has 1 rings (SSSR count). The summed E-state index contributed by atoms with van der Waals surface area (Å²) in [6, 6.07) is 0.394. The maximum Gasteiger partial charge on any atom is 0.336 e. The van der Waals surface area contributed by atoms with Crippen LogP contribution in [0.2, 0.25) is 0 Å². The second-order valence-corrected chi connectivity index (χ2v) is 4.04. The van der Waals surface area contributed by atoms with E-state index in [1.165, 1.54) is 6.92 Å². The van der Waals surface area contributed by atoms with Crippen LogP contribution >= 0.6 is 0 Å². The van der Waals surface area contributed by atoms with E-state index >= 15 is 0 Å². The molecule has 1 aliphatic rings. The molecule has 0 aromatic carbocycles. The van der Waals surface area contributed by atoms with E-state index in [1.807, 2.05) is 4.90 Å². The van der Waals surface area contributed by atoms with Gasteiger partial charge in [-0.1, -0.05) is 0 Å². The number of likely N-dealkylation sites (tertiary alicyclic amines) is 1. The molecule has 0 amide bonds. The first-order chi connectivity index (χ1) is 5.93. The van der Waals surface area contributed by atoms with E-state index in [1.54, 1.807) is 0 Å². The molecular formula is C9H17NO3. The highest BCUT2D eigenvalue weighted by atomic mass is 16.4. The zero-order valence-electron chi connectivity index (χ0n) is 8.16. The van der Waals surface area contributed by atoms with Gasteiger partial charge in [0.1, 0.15) is 0 Å². The summed E-state index contributed by atoms with van der Waals surface area (Å²) in [4.78, 5) is 12.7. The van der Waals surface area contributed by atoms with E-state index in [0.717, 1.165) is 19.4 Å². The number of carbonyl (C=O) groups is 1. The van der Waals surface area contributed by atoms with Gasteiger partial charge in [0.2, 0.25) is 0 Å². The lowest BCUT2D eigenvalue weighted by atomic mass is 10.1. The van der Waals surface area contributed by atoms with Gasteiger partial charge in [0, 0.05) is 12.6 Å². The number of hydrogen-bond donors (Lipinski definition) is 2. The predicted molar refractivity (Wildman–Crippen MR) is 48.5 cm³/mol. The summed E-state index contributed by atoms with van der Waals surface area (Å²) >= 11 is 0. The maximum absolute atomic E-state index is 10.6. The van der Waals surface area contributed by atoms with Crippen LogP contribution in [0.4, 0.5) is 0 Å². The Morgan fingerprint density at radius 3 is 2.69 bits per heavy atom. The number of β-amino-alcohol motifs (C(OH)–C–C–N with tert-alkyl or cyclic N) is 1. The Morgan fingerprint density at radius 1 is 1.69 bits per heavy atom. The van der Waals surface area contributed by atoms with Crippen LogP contribution < -0.4 is 0 Å². The van der Waals surface area contributed by atoms with Crippen molar-refractivity contribution in [1.29, 1.82) is 0 Å². The first-order valence-corrected chi connectivity index (χ1v) is 4.63. The summed E-state index contributed by atoms with van der Waals surface area (Å²) < 4.78 is 0. The van der Waals surface area contributed by atoms with Gasteiger partial charge in [-0.2, -0.15) is 0 Å². The van der Waals surface area contributed by atoms with Gasteiger partial charge in [0.25, 0.3) is 0 Å². The Bertz CT molecular complexity index is 203. The molecule has 0 aromatic rings. The highest BCUT2D eigenvalue weighted by Gasteiger charge is 2.35. The third-order valence-electron chi connectivity index (χ3n) is 2.66. The molecule has 0 saturated carbocycles. The number of aliphatic carboxylic acids is 1. The van der Waals surface area contributed by atoms with Gasteiger partial charge in [-0.25, -0.2) is 4.79 Å². The van der Waals surface area contributed by atoms with Gasteiger partial charge < -0.3 is 10.2 Å². The second kappa shape index (κ2) is 3.64. The molecule has 0 radical (unpaired) electrons. The average Bonchev–Trinajstić information content (AvgIpc) is 2.35. The molecule has 1 heterocycles. The quantitative estimate of drug-likeness (QED) is 0.667. The normalized spacial score (nSPS) is 28.7. The van der Waals surface area contributed by atoms with Gasteiger partial charge in [-0.15, -0.1) is 0 Å². The van der Waals surface area contributed by atoms with Crippen LogP contribution in [0.25, 0.3) is 0 Å². The van der Waals surface area contributed by atoms with Crippen molar-refractivity contribution in [2.75, 3.05) is 13.1 Å². The molecule has 0 spiro atoms. The summed E-state index contributed by atoms with van der Waals surface area (Å²) in [7, 11) is 0. The summed E-state index contributed by atoms with van der Waals surface area (Å²) in [5.74, 6) is -1.15. The molecule has 4 nitrogen and oxygen atoms in total. The fraction of sp³-hybridized carbons (Fsp3) is 0.889. The smallest absolute Gasteiger partial charge is 0.336 e. The van der Waals surface area contributed by atoms with E-state index in [2.05, 4.69) is 6.92 Å². The van der Waals surface area contributed by atoms with Crippen molar-refractivity contribution in [2.24, 2.45) is 0 Å². The third kappa shape index (κ3) is 2.42. The molecule has 0 bridgehead atoms. The lowest BCUT2D eigenvalue weighted by Gasteiger charge is -2.28. The van der Waals surface area contributed by atoms with E-state index in [-0.39, 0.29) is 6.54 Å². The molecule has 2 unspecified atom stereocenters. The van der Waals surface area contributed by atoms with Gasteiger partial charge in [-0.3, -0.25) is 4.90 Å². The lowest BCUT2D eigenvalue weighted by molar-refractivity contribution is -0.158. The van der Waals surface area contributed by atoms with E-state index in [4.69, 9.17) is 5.11 Å². The molecule has 76 valence electrons. The maximum atomic E-state index is 10.6. The first kappa shape index (κ1) is 10.5. The Labute approximate surface area is 78.2 Å². The molecule has 2 N–H and O–H groups in total.